The fourth-order valence-electron chi connectivity index (χ4n) is 3.33. The van der Waals surface area contributed by atoms with Gasteiger partial charge in [0.15, 0.2) is 6.10 Å². The van der Waals surface area contributed by atoms with Crippen LogP contribution >= 0.6 is 11.3 Å². The summed E-state index contributed by atoms with van der Waals surface area (Å²) >= 11 is 1.39. The molecule has 29 heavy (non-hydrogen) atoms. The van der Waals surface area contributed by atoms with Gasteiger partial charge in [0.05, 0.1) is 17.9 Å². The molecule has 0 radical (unpaired) electrons. The van der Waals surface area contributed by atoms with Crippen molar-refractivity contribution in [3.05, 3.63) is 33.0 Å². The molecule has 2 heterocycles. The van der Waals surface area contributed by atoms with Crippen molar-refractivity contribution in [2.45, 2.75) is 59.5 Å². The highest BCUT2D eigenvalue weighted by Gasteiger charge is 2.29. The molecule has 2 aromatic heterocycles. The number of carbonyl (C=O) groups excluding carboxylic acids is 3. The summed E-state index contributed by atoms with van der Waals surface area (Å²) in [6, 6.07) is 0. The van der Waals surface area contributed by atoms with E-state index in [4.69, 9.17) is 14.0 Å². The Morgan fingerprint density at radius 1 is 1.17 bits per heavy atom. The smallest absolute Gasteiger partial charge is 0.344 e. The molecule has 0 spiro atoms. The molecule has 0 saturated carbocycles. The quantitative estimate of drug-likeness (QED) is 0.712. The van der Waals surface area contributed by atoms with Gasteiger partial charge in [0.2, 0.25) is 0 Å². The first-order valence-electron chi connectivity index (χ1n) is 9.59. The van der Waals surface area contributed by atoms with Gasteiger partial charge in [-0.1, -0.05) is 5.16 Å². The fraction of sp³-hybridized carbons (Fsp3) is 0.500. The van der Waals surface area contributed by atoms with Crippen molar-refractivity contribution in [1.82, 2.24) is 5.16 Å². The number of aryl methyl sites for hydroxylation is 3. The lowest BCUT2D eigenvalue weighted by atomic mass is 9.95. The van der Waals surface area contributed by atoms with Crippen LogP contribution in [0.4, 0.5) is 5.00 Å². The number of hydrogen-bond donors (Lipinski definition) is 1. The summed E-state index contributed by atoms with van der Waals surface area (Å²) in [4.78, 5) is 38.6. The van der Waals surface area contributed by atoms with Crippen LogP contribution in [0, 0.1) is 13.8 Å². The predicted molar refractivity (Wildman–Crippen MR) is 106 cm³/mol. The second-order valence-corrected chi connectivity index (χ2v) is 7.98. The molecule has 1 amide bonds. The van der Waals surface area contributed by atoms with Gasteiger partial charge >= 0.3 is 11.9 Å². The zero-order valence-electron chi connectivity index (χ0n) is 16.9. The van der Waals surface area contributed by atoms with Crippen LogP contribution in [0.3, 0.4) is 0 Å². The SMILES string of the molecule is CCOC(=O)c1c(NC(=O)C(C)OC(=O)c2c(C)noc2C)sc2c1CCCC2. The molecule has 8 nitrogen and oxygen atoms in total. The minimum Gasteiger partial charge on any atom is -0.462 e. The summed E-state index contributed by atoms with van der Waals surface area (Å²) in [5.74, 6) is -1.31. The Balaban J connectivity index is 1.77. The van der Waals surface area contributed by atoms with Crippen LogP contribution < -0.4 is 5.32 Å². The number of hydrogen-bond acceptors (Lipinski definition) is 8. The van der Waals surface area contributed by atoms with Gasteiger partial charge in [-0.05, 0) is 58.9 Å². The first-order chi connectivity index (χ1) is 13.8. The number of nitrogens with zero attached hydrogens (tertiary/aromatic N) is 1. The highest BCUT2D eigenvalue weighted by atomic mass is 32.1. The van der Waals surface area contributed by atoms with Crippen LogP contribution in [0.15, 0.2) is 4.52 Å². The Bertz CT molecular complexity index is 926. The first-order valence-corrected chi connectivity index (χ1v) is 10.4. The third-order valence-corrected chi connectivity index (χ3v) is 5.99. The predicted octanol–water partition coefficient (Wildman–Crippen LogP) is 3.59. The van der Waals surface area contributed by atoms with Crippen LogP contribution in [0.25, 0.3) is 0 Å². The van der Waals surface area contributed by atoms with Crippen LogP contribution in [-0.2, 0) is 27.1 Å². The minimum absolute atomic E-state index is 0.212. The van der Waals surface area contributed by atoms with E-state index in [0.29, 0.717) is 22.0 Å². The summed E-state index contributed by atoms with van der Waals surface area (Å²) < 4.78 is 15.4. The normalized spacial score (nSPS) is 14.1. The van der Waals surface area contributed by atoms with Crippen molar-refractivity contribution in [2.75, 3.05) is 11.9 Å². The zero-order chi connectivity index (χ0) is 21.1. The van der Waals surface area contributed by atoms with Crippen LogP contribution in [0.5, 0.6) is 0 Å². The number of anilines is 1. The lowest BCUT2D eigenvalue weighted by molar-refractivity contribution is -0.123. The maximum Gasteiger partial charge on any atom is 0.344 e. The summed E-state index contributed by atoms with van der Waals surface area (Å²) in [5, 5.41) is 6.91. The Morgan fingerprint density at radius 2 is 1.90 bits per heavy atom. The average molecular weight is 420 g/mol. The number of carbonyl (C=O) groups is 3. The molecule has 9 heteroatoms. The van der Waals surface area contributed by atoms with Crippen molar-refractivity contribution in [3.8, 4) is 0 Å². The van der Waals surface area contributed by atoms with Gasteiger partial charge in [0.1, 0.15) is 16.3 Å². The molecule has 1 unspecified atom stereocenters. The van der Waals surface area contributed by atoms with E-state index in [2.05, 4.69) is 10.5 Å². The van der Waals surface area contributed by atoms with Gasteiger partial charge in [-0.2, -0.15) is 0 Å². The van der Waals surface area contributed by atoms with Crippen molar-refractivity contribution in [3.63, 3.8) is 0 Å². The van der Waals surface area contributed by atoms with E-state index in [1.807, 2.05) is 0 Å². The highest BCUT2D eigenvalue weighted by Crippen LogP contribution is 2.38. The molecule has 1 aliphatic rings. The minimum atomic E-state index is -1.06. The second kappa shape index (κ2) is 8.77. The van der Waals surface area contributed by atoms with E-state index in [1.165, 1.54) is 18.3 Å². The molecule has 0 bridgehead atoms. The largest absolute Gasteiger partial charge is 0.462 e. The zero-order valence-corrected chi connectivity index (χ0v) is 17.7. The number of amides is 1. The van der Waals surface area contributed by atoms with Crippen LogP contribution in [-0.4, -0.2) is 35.7 Å². The number of aromatic nitrogens is 1. The molecule has 0 aliphatic heterocycles. The van der Waals surface area contributed by atoms with Gasteiger partial charge < -0.3 is 19.3 Å². The number of ether oxygens (including phenoxy) is 2. The van der Waals surface area contributed by atoms with Gasteiger partial charge in [-0.15, -0.1) is 11.3 Å². The molecule has 3 rings (SSSR count). The van der Waals surface area contributed by atoms with Gasteiger partial charge in [0, 0.05) is 4.88 Å². The van der Waals surface area contributed by atoms with Gasteiger partial charge in [-0.25, -0.2) is 9.59 Å². The number of thiophene rings is 1. The summed E-state index contributed by atoms with van der Waals surface area (Å²) in [6.45, 7) is 6.69. The van der Waals surface area contributed by atoms with Crippen LogP contribution in [0.1, 0.15) is 69.3 Å². The van der Waals surface area contributed by atoms with E-state index in [0.717, 1.165) is 36.1 Å². The topological polar surface area (TPSA) is 108 Å². The van der Waals surface area contributed by atoms with Crippen LogP contribution in [0.2, 0.25) is 0 Å². The Morgan fingerprint density at radius 3 is 2.55 bits per heavy atom. The number of nitrogens with one attached hydrogen (secondary N) is 1. The molecule has 2 aromatic rings. The number of esters is 2. The van der Waals surface area contributed by atoms with E-state index >= 15 is 0 Å². The average Bonchev–Trinajstić information content (AvgIpc) is 3.20. The second-order valence-electron chi connectivity index (χ2n) is 6.87. The molecule has 1 aliphatic carbocycles. The molecule has 156 valence electrons. The van der Waals surface area contributed by atoms with E-state index in [-0.39, 0.29) is 12.2 Å². The summed E-state index contributed by atoms with van der Waals surface area (Å²) in [6.07, 6.45) is 2.64. The summed E-state index contributed by atoms with van der Waals surface area (Å²) in [5.41, 5.74) is 1.98. The molecular formula is C20H24N2O6S. The van der Waals surface area contributed by atoms with Gasteiger partial charge in [-0.3, -0.25) is 4.79 Å². The fourth-order valence-corrected chi connectivity index (χ4v) is 4.61. The van der Waals surface area contributed by atoms with E-state index in [9.17, 15) is 14.4 Å². The van der Waals surface area contributed by atoms with Crippen molar-refractivity contribution < 1.29 is 28.4 Å². The van der Waals surface area contributed by atoms with Crippen molar-refractivity contribution in [1.29, 1.82) is 0 Å². The Hall–Kier alpha value is -2.68. The standard InChI is InChI=1S/C20H24N2O6S/c1-5-26-19(24)16-13-8-6-7-9-14(13)29-18(16)21-17(23)12(4)27-20(25)15-10(2)22-28-11(15)3/h12H,5-9H2,1-4H3,(H,21,23). The number of fused-ring (bicyclic) bond motifs is 1. The third kappa shape index (κ3) is 4.34. The third-order valence-electron chi connectivity index (χ3n) is 4.78. The number of rotatable bonds is 6. The molecule has 1 N–H and O–H groups in total. The highest BCUT2D eigenvalue weighted by molar-refractivity contribution is 7.17. The first kappa shape index (κ1) is 21.0. The maximum atomic E-state index is 12.7. The van der Waals surface area contributed by atoms with E-state index < -0.39 is 23.9 Å². The Labute approximate surface area is 172 Å². The molecular weight excluding hydrogens is 396 g/mol. The molecule has 1 atom stereocenters. The van der Waals surface area contributed by atoms with Crippen molar-refractivity contribution >= 4 is 34.2 Å². The monoisotopic (exact) mass is 420 g/mol. The van der Waals surface area contributed by atoms with Gasteiger partial charge in [0.25, 0.3) is 5.91 Å². The molecule has 0 fully saturated rings. The molecule has 0 aromatic carbocycles. The maximum absolute atomic E-state index is 12.7. The van der Waals surface area contributed by atoms with Crippen molar-refractivity contribution in [2.24, 2.45) is 0 Å². The lowest BCUT2D eigenvalue weighted by Gasteiger charge is -2.14. The molecule has 0 saturated heterocycles. The van der Waals surface area contributed by atoms with E-state index in [1.54, 1.807) is 20.8 Å². The summed E-state index contributed by atoms with van der Waals surface area (Å²) in [7, 11) is 0. The Kier molecular flexibility index (Phi) is 6.36. The lowest BCUT2D eigenvalue weighted by Crippen LogP contribution is -2.30.